The molecule has 2 aromatic rings. The second-order valence-corrected chi connectivity index (χ2v) is 11.0. The Bertz CT molecular complexity index is 1210. The van der Waals surface area contributed by atoms with E-state index >= 15 is 0 Å². The molecule has 2 heterocycles. The molecule has 0 amide bonds. The minimum absolute atomic E-state index is 0.123. The summed E-state index contributed by atoms with van der Waals surface area (Å²) >= 11 is 0. The molecule has 5 rings (SSSR count). The topological polar surface area (TPSA) is 88.7 Å². The molecule has 8 heteroatoms. The monoisotopic (exact) mass is 472 g/mol. The summed E-state index contributed by atoms with van der Waals surface area (Å²) in [6, 6.07) is 6.29. The minimum Gasteiger partial charge on any atom is -0.378 e. The Hall–Kier alpha value is -2.00. The molecule has 1 saturated heterocycles. The highest BCUT2D eigenvalue weighted by Crippen LogP contribution is 2.44. The number of aromatic amines is 1. The van der Waals surface area contributed by atoms with Gasteiger partial charge < -0.3 is 9.72 Å². The highest BCUT2D eigenvalue weighted by molar-refractivity contribution is 7.86. The number of benzene rings is 1. The van der Waals surface area contributed by atoms with Gasteiger partial charge >= 0.3 is 0 Å². The van der Waals surface area contributed by atoms with Crippen LogP contribution < -0.4 is 5.56 Å². The molecule has 2 aliphatic carbocycles. The predicted molar refractivity (Wildman–Crippen MR) is 127 cm³/mol. The van der Waals surface area contributed by atoms with Gasteiger partial charge in [0.1, 0.15) is 6.10 Å². The maximum atomic E-state index is 12.9. The summed E-state index contributed by atoms with van der Waals surface area (Å²) in [5.41, 5.74) is 6.75. The average Bonchev–Trinajstić information content (AvgIpc) is 3.14. The Morgan fingerprint density at radius 3 is 2.64 bits per heavy atom. The molecule has 7 nitrogen and oxygen atoms in total. The van der Waals surface area contributed by atoms with Crippen LogP contribution in [0, 0.1) is 0 Å². The SMILES string of the molecule is CCOC1CCN(Cc2cccc3c2Cc2c-3[nH]c(=O)c3c2C(OS(C)(=O)=O)CCC3)CC1. The summed E-state index contributed by atoms with van der Waals surface area (Å²) in [7, 11) is -3.63. The van der Waals surface area contributed by atoms with E-state index in [1.807, 2.05) is 6.92 Å². The normalized spacial score (nSPS) is 21.0. The number of fused-ring (bicyclic) bond motifs is 5. The molecule has 33 heavy (non-hydrogen) atoms. The summed E-state index contributed by atoms with van der Waals surface area (Å²) in [6.45, 7) is 5.70. The van der Waals surface area contributed by atoms with E-state index in [1.54, 1.807) is 0 Å². The minimum atomic E-state index is -3.63. The van der Waals surface area contributed by atoms with Gasteiger partial charge in [0.05, 0.1) is 18.1 Å². The van der Waals surface area contributed by atoms with Crippen molar-refractivity contribution in [3.05, 3.63) is 56.4 Å². The fraction of sp³-hybridized carbons (Fsp3) is 0.560. The molecule has 0 radical (unpaired) electrons. The second kappa shape index (κ2) is 8.98. The molecule has 1 N–H and O–H groups in total. The molecule has 3 aliphatic rings. The highest BCUT2D eigenvalue weighted by Gasteiger charge is 2.34. The number of nitrogens with zero attached hydrogens (tertiary/aromatic N) is 1. The van der Waals surface area contributed by atoms with Gasteiger partial charge in [-0.1, -0.05) is 18.2 Å². The first-order valence-electron chi connectivity index (χ1n) is 11.9. The van der Waals surface area contributed by atoms with Gasteiger partial charge in [0.2, 0.25) is 0 Å². The smallest absolute Gasteiger partial charge is 0.264 e. The van der Waals surface area contributed by atoms with Crippen molar-refractivity contribution in [3.63, 3.8) is 0 Å². The van der Waals surface area contributed by atoms with Crippen LogP contribution >= 0.6 is 0 Å². The number of piperidine rings is 1. The first-order chi connectivity index (χ1) is 15.8. The number of H-pyrrole nitrogens is 1. The van der Waals surface area contributed by atoms with Crippen molar-refractivity contribution in [1.82, 2.24) is 9.88 Å². The number of pyridine rings is 1. The zero-order valence-corrected chi connectivity index (χ0v) is 20.2. The van der Waals surface area contributed by atoms with Crippen LogP contribution in [0.2, 0.25) is 0 Å². The number of nitrogens with one attached hydrogen (secondary N) is 1. The van der Waals surface area contributed by atoms with Crippen molar-refractivity contribution in [2.75, 3.05) is 26.0 Å². The zero-order valence-electron chi connectivity index (χ0n) is 19.4. The van der Waals surface area contributed by atoms with Crippen molar-refractivity contribution in [2.24, 2.45) is 0 Å². The molecule has 0 bridgehead atoms. The van der Waals surface area contributed by atoms with Crippen molar-refractivity contribution in [3.8, 4) is 11.3 Å². The third-order valence-electron chi connectivity index (χ3n) is 7.20. The lowest BCUT2D eigenvalue weighted by molar-refractivity contribution is 0.0125. The fourth-order valence-corrected chi connectivity index (χ4v) is 6.40. The lowest BCUT2D eigenvalue weighted by Gasteiger charge is -2.32. The third kappa shape index (κ3) is 4.54. The Morgan fingerprint density at radius 1 is 1.12 bits per heavy atom. The summed E-state index contributed by atoms with van der Waals surface area (Å²) in [4.78, 5) is 18.5. The van der Waals surface area contributed by atoms with E-state index in [0.717, 1.165) is 74.1 Å². The number of aromatic nitrogens is 1. The van der Waals surface area contributed by atoms with Crippen molar-refractivity contribution in [2.45, 2.75) is 64.2 Å². The van der Waals surface area contributed by atoms with E-state index < -0.39 is 16.2 Å². The molecule has 1 atom stereocenters. The Kier molecular flexibility index (Phi) is 6.20. The number of ether oxygens (including phenoxy) is 1. The molecular formula is C25H32N2O5S. The van der Waals surface area contributed by atoms with Gasteiger partial charge in [-0.25, -0.2) is 0 Å². The molecule has 1 unspecified atom stereocenters. The maximum Gasteiger partial charge on any atom is 0.264 e. The number of hydrogen-bond donors (Lipinski definition) is 1. The summed E-state index contributed by atoms with van der Waals surface area (Å²) in [5, 5.41) is 0. The predicted octanol–water partition coefficient (Wildman–Crippen LogP) is 3.30. The fourth-order valence-electron chi connectivity index (χ4n) is 5.78. The Labute approximate surface area is 195 Å². The number of likely N-dealkylation sites (tertiary alicyclic amines) is 1. The van der Waals surface area contributed by atoms with Crippen LogP contribution in [-0.2, 0) is 38.4 Å². The van der Waals surface area contributed by atoms with Gasteiger partial charge in [0, 0.05) is 43.8 Å². The summed E-state index contributed by atoms with van der Waals surface area (Å²) in [6.07, 6.45) is 5.65. The van der Waals surface area contributed by atoms with Crippen molar-refractivity contribution < 1.29 is 17.3 Å². The van der Waals surface area contributed by atoms with Crippen LogP contribution in [0.1, 0.15) is 66.5 Å². The van der Waals surface area contributed by atoms with Crippen LogP contribution in [-0.4, -0.2) is 50.4 Å². The van der Waals surface area contributed by atoms with Crippen LogP contribution in [0.25, 0.3) is 11.3 Å². The summed E-state index contributed by atoms with van der Waals surface area (Å²) in [5.74, 6) is 0. The van der Waals surface area contributed by atoms with E-state index in [9.17, 15) is 13.2 Å². The van der Waals surface area contributed by atoms with Crippen molar-refractivity contribution >= 4 is 10.1 Å². The molecule has 1 aromatic carbocycles. The molecule has 178 valence electrons. The van der Waals surface area contributed by atoms with Gasteiger partial charge in [-0.3, -0.25) is 13.9 Å². The van der Waals surface area contributed by atoms with Crippen LogP contribution in [0.5, 0.6) is 0 Å². The third-order valence-corrected chi connectivity index (χ3v) is 7.78. The molecule has 0 saturated carbocycles. The standard InChI is InChI=1S/C25H32N2O5S/c1-3-31-17-10-12-27(13-11-17)15-16-6-4-7-18-20(16)14-21-23-19(25(28)26-24(18)21)8-5-9-22(23)32-33(2,29)30/h4,6-7,17,22H,3,5,8-15H2,1-2H3,(H,26,28). The molecule has 1 aromatic heterocycles. The van der Waals surface area contributed by atoms with E-state index in [2.05, 4.69) is 28.1 Å². The van der Waals surface area contributed by atoms with Crippen LogP contribution in [0.15, 0.2) is 23.0 Å². The summed E-state index contributed by atoms with van der Waals surface area (Å²) < 4.78 is 35.1. The number of hydrogen-bond acceptors (Lipinski definition) is 6. The highest BCUT2D eigenvalue weighted by atomic mass is 32.2. The molecule has 0 spiro atoms. The van der Waals surface area contributed by atoms with Gasteiger partial charge in [0.25, 0.3) is 15.7 Å². The van der Waals surface area contributed by atoms with Gasteiger partial charge in [0.15, 0.2) is 0 Å². The number of rotatable bonds is 6. The second-order valence-electron chi connectivity index (χ2n) is 9.43. The molecule has 1 aliphatic heterocycles. The Morgan fingerprint density at radius 2 is 1.91 bits per heavy atom. The quantitative estimate of drug-likeness (QED) is 0.554. The van der Waals surface area contributed by atoms with E-state index in [1.165, 1.54) is 11.1 Å². The lowest BCUT2D eigenvalue weighted by Crippen LogP contribution is -2.36. The van der Waals surface area contributed by atoms with Crippen molar-refractivity contribution in [1.29, 1.82) is 0 Å². The van der Waals surface area contributed by atoms with Gasteiger partial charge in [-0.05, 0) is 61.3 Å². The first-order valence-corrected chi connectivity index (χ1v) is 13.8. The van der Waals surface area contributed by atoms with Crippen LogP contribution in [0.3, 0.4) is 0 Å². The lowest BCUT2D eigenvalue weighted by atomic mass is 9.86. The van der Waals surface area contributed by atoms with Crippen LogP contribution in [0.4, 0.5) is 0 Å². The average molecular weight is 473 g/mol. The van der Waals surface area contributed by atoms with E-state index in [0.29, 0.717) is 30.9 Å². The zero-order chi connectivity index (χ0) is 23.2. The maximum absolute atomic E-state index is 12.9. The molecule has 1 fully saturated rings. The molecular weight excluding hydrogens is 440 g/mol. The van der Waals surface area contributed by atoms with Gasteiger partial charge in [-0.15, -0.1) is 0 Å². The van der Waals surface area contributed by atoms with E-state index in [-0.39, 0.29) is 5.56 Å². The van der Waals surface area contributed by atoms with E-state index in [4.69, 9.17) is 8.92 Å². The van der Waals surface area contributed by atoms with Gasteiger partial charge in [-0.2, -0.15) is 8.42 Å². The Balaban J connectivity index is 1.46. The first kappa shape index (κ1) is 22.8. The largest absolute Gasteiger partial charge is 0.378 e.